The van der Waals surface area contributed by atoms with Crippen LogP contribution in [-0.4, -0.2) is 48.7 Å². The van der Waals surface area contributed by atoms with Crippen molar-refractivity contribution in [2.24, 2.45) is 0 Å². The number of nitrogens with zero attached hydrogens (tertiary/aromatic N) is 1. The Hall–Kier alpha value is -1.46. The van der Waals surface area contributed by atoms with Gasteiger partial charge in [-0.05, 0) is 56.0 Å². The summed E-state index contributed by atoms with van der Waals surface area (Å²) >= 11 is 0. The highest BCUT2D eigenvalue weighted by molar-refractivity contribution is 6.00. The van der Waals surface area contributed by atoms with Gasteiger partial charge in [0.1, 0.15) is 17.1 Å². The van der Waals surface area contributed by atoms with Gasteiger partial charge in [0.2, 0.25) is 0 Å². The molecule has 1 saturated heterocycles. The van der Waals surface area contributed by atoms with Gasteiger partial charge in [-0.2, -0.15) is 0 Å². The molecule has 0 aromatic heterocycles. The first kappa shape index (κ1) is 21.6. The summed E-state index contributed by atoms with van der Waals surface area (Å²) in [6.07, 6.45) is 3.71. The van der Waals surface area contributed by atoms with E-state index in [4.69, 9.17) is 4.74 Å². The topological polar surface area (TPSA) is 61.8 Å². The SMILES string of the molecule is CCc1cc(CC)c(OC)c(C(=O)NCC2CCCN2CC)c1O.Cl. The summed E-state index contributed by atoms with van der Waals surface area (Å²) in [6, 6.07) is 2.31. The number of hydrogen-bond donors (Lipinski definition) is 2. The van der Waals surface area contributed by atoms with Crippen molar-refractivity contribution in [3.8, 4) is 11.5 Å². The first-order chi connectivity index (χ1) is 11.6. The lowest BCUT2D eigenvalue weighted by Crippen LogP contribution is -2.40. The molecule has 0 spiro atoms. The number of ether oxygens (including phenoxy) is 1. The largest absolute Gasteiger partial charge is 0.507 e. The molecule has 142 valence electrons. The molecule has 1 heterocycles. The van der Waals surface area contributed by atoms with Crippen molar-refractivity contribution in [3.63, 3.8) is 0 Å². The number of halogens is 1. The monoisotopic (exact) mass is 370 g/mol. The number of benzene rings is 1. The van der Waals surface area contributed by atoms with E-state index in [1.165, 1.54) is 6.42 Å². The highest BCUT2D eigenvalue weighted by atomic mass is 35.5. The minimum atomic E-state index is -0.252. The van der Waals surface area contributed by atoms with Crippen LogP contribution in [0, 0.1) is 0 Å². The van der Waals surface area contributed by atoms with Gasteiger partial charge in [-0.25, -0.2) is 0 Å². The molecule has 1 unspecified atom stereocenters. The Kier molecular flexibility index (Phi) is 8.53. The molecule has 2 rings (SSSR count). The van der Waals surface area contributed by atoms with Gasteiger partial charge in [0.05, 0.1) is 7.11 Å². The van der Waals surface area contributed by atoms with Crippen LogP contribution >= 0.6 is 12.4 Å². The van der Waals surface area contributed by atoms with E-state index >= 15 is 0 Å². The molecule has 1 atom stereocenters. The molecule has 2 N–H and O–H groups in total. The molecule has 0 radical (unpaired) electrons. The molecule has 1 aromatic rings. The third-order valence-electron chi connectivity index (χ3n) is 5.00. The molecule has 25 heavy (non-hydrogen) atoms. The molecule has 1 amide bonds. The lowest BCUT2D eigenvalue weighted by atomic mass is 9.98. The van der Waals surface area contributed by atoms with Crippen LogP contribution in [0.3, 0.4) is 0 Å². The first-order valence-corrected chi connectivity index (χ1v) is 9.01. The van der Waals surface area contributed by atoms with Crippen LogP contribution in [0.1, 0.15) is 55.1 Å². The summed E-state index contributed by atoms with van der Waals surface area (Å²) in [4.78, 5) is 15.1. The molecule has 1 aliphatic rings. The van der Waals surface area contributed by atoms with Crippen molar-refractivity contribution in [1.82, 2.24) is 10.2 Å². The maximum absolute atomic E-state index is 12.8. The van der Waals surface area contributed by atoms with Crippen molar-refractivity contribution < 1.29 is 14.6 Å². The molecule has 0 aliphatic carbocycles. The Balaban J connectivity index is 0.00000312. The van der Waals surface area contributed by atoms with E-state index in [1.54, 1.807) is 7.11 Å². The quantitative estimate of drug-likeness (QED) is 0.773. The van der Waals surface area contributed by atoms with Crippen LogP contribution in [0.25, 0.3) is 0 Å². The van der Waals surface area contributed by atoms with E-state index in [0.29, 0.717) is 24.8 Å². The van der Waals surface area contributed by atoms with E-state index in [1.807, 2.05) is 19.9 Å². The van der Waals surface area contributed by atoms with Crippen LogP contribution in [0.4, 0.5) is 0 Å². The molecule has 6 heteroatoms. The number of nitrogens with one attached hydrogen (secondary N) is 1. The number of carbonyl (C=O) groups is 1. The number of phenolic OH excluding ortho intramolecular Hbond substituents is 1. The zero-order chi connectivity index (χ0) is 17.7. The minimum absolute atomic E-state index is 0. The fourth-order valence-electron chi connectivity index (χ4n) is 3.59. The van der Waals surface area contributed by atoms with E-state index in [9.17, 15) is 9.90 Å². The van der Waals surface area contributed by atoms with E-state index in [-0.39, 0.29) is 29.6 Å². The number of amides is 1. The molecular formula is C19H31ClN2O3. The predicted molar refractivity (Wildman–Crippen MR) is 103 cm³/mol. The Morgan fingerprint density at radius 2 is 2.00 bits per heavy atom. The van der Waals surface area contributed by atoms with Crippen molar-refractivity contribution in [2.75, 3.05) is 26.7 Å². The standard InChI is InChI=1S/C19H30N2O3.ClH/c1-5-13-11-14(6-2)18(24-4)16(17(13)22)19(23)20-12-15-9-8-10-21(15)7-3;/h11,15,22H,5-10,12H2,1-4H3,(H,20,23);1H. The van der Waals surface area contributed by atoms with Gasteiger partial charge >= 0.3 is 0 Å². The van der Waals surface area contributed by atoms with Crippen LogP contribution < -0.4 is 10.1 Å². The average Bonchev–Trinajstić information content (AvgIpc) is 3.06. The molecule has 1 aromatic carbocycles. The Labute approximate surface area is 157 Å². The smallest absolute Gasteiger partial charge is 0.258 e. The van der Waals surface area contributed by atoms with Gasteiger partial charge < -0.3 is 15.2 Å². The summed E-state index contributed by atoms with van der Waals surface area (Å²) in [5, 5.41) is 13.5. The second kappa shape index (κ2) is 9.88. The predicted octanol–water partition coefficient (Wildman–Crippen LogP) is 3.16. The lowest BCUT2D eigenvalue weighted by Gasteiger charge is -2.23. The molecule has 5 nitrogen and oxygen atoms in total. The summed E-state index contributed by atoms with van der Waals surface area (Å²) < 4.78 is 5.45. The van der Waals surface area contributed by atoms with E-state index < -0.39 is 0 Å². The van der Waals surface area contributed by atoms with Gasteiger partial charge in [0.25, 0.3) is 5.91 Å². The third-order valence-corrected chi connectivity index (χ3v) is 5.00. The summed E-state index contributed by atoms with van der Waals surface area (Å²) in [5.74, 6) is 0.281. The van der Waals surface area contributed by atoms with E-state index in [0.717, 1.165) is 37.1 Å². The van der Waals surface area contributed by atoms with Crippen LogP contribution in [0.2, 0.25) is 0 Å². The summed E-state index contributed by atoms with van der Waals surface area (Å²) in [5.41, 5.74) is 2.01. The normalized spacial score (nSPS) is 17.2. The number of aromatic hydroxyl groups is 1. The second-order valence-corrected chi connectivity index (χ2v) is 6.29. The van der Waals surface area contributed by atoms with Crippen LogP contribution in [0.15, 0.2) is 6.07 Å². The van der Waals surface area contributed by atoms with Crippen molar-refractivity contribution in [2.45, 2.75) is 52.5 Å². The van der Waals surface area contributed by atoms with Gasteiger partial charge in [0, 0.05) is 12.6 Å². The number of hydrogen-bond acceptors (Lipinski definition) is 4. The maximum Gasteiger partial charge on any atom is 0.258 e. The van der Waals surface area contributed by atoms with Gasteiger partial charge in [-0.1, -0.05) is 20.8 Å². The van der Waals surface area contributed by atoms with Gasteiger partial charge in [-0.3, -0.25) is 9.69 Å². The third kappa shape index (κ3) is 4.59. The minimum Gasteiger partial charge on any atom is -0.507 e. The zero-order valence-electron chi connectivity index (χ0n) is 15.7. The average molecular weight is 371 g/mol. The van der Waals surface area contributed by atoms with Crippen molar-refractivity contribution in [3.05, 3.63) is 22.8 Å². The zero-order valence-corrected chi connectivity index (χ0v) is 16.5. The lowest BCUT2D eigenvalue weighted by molar-refractivity contribution is 0.0935. The van der Waals surface area contributed by atoms with Crippen LogP contribution in [-0.2, 0) is 12.8 Å². The number of phenols is 1. The first-order valence-electron chi connectivity index (χ1n) is 9.01. The molecule has 0 saturated carbocycles. The number of carbonyl (C=O) groups excluding carboxylic acids is 1. The molecule has 0 bridgehead atoms. The fraction of sp³-hybridized carbons (Fsp3) is 0.632. The van der Waals surface area contributed by atoms with Crippen molar-refractivity contribution in [1.29, 1.82) is 0 Å². The van der Waals surface area contributed by atoms with Gasteiger partial charge in [-0.15, -0.1) is 12.4 Å². The van der Waals surface area contributed by atoms with Crippen LogP contribution in [0.5, 0.6) is 11.5 Å². The Bertz CT molecular complexity index is 593. The summed E-state index contributed by atoms with van der Waals surface area (Å²) in [7, 11) is 1.55. The summed E-state index contributed by atoms with van der Waals surface area (Å²) in [6.45, 7) is 8.84. The highest BCUT2D eigenvalue weighted by Crippen LogP contribution is 2.35. The second-order valence-electron chi connectivity index (χ2n) is 6.29. The number of likely N-dealkylation sites (tertiary alicyclic amines) is 1. The Morgan fingerprint density at radius 1 is 1.32 bits per heavy atom. The molecule has 1 fully saturated rings. The highest BCUT2D eigenvalue weighted by Gasteiger charge is 2.26. The maximum atomic E-state index is 12.8. The number of rotatable bonds is 7. The Morgan fingerprint density at radius 3 is 2.56 bits per heavy atom. The number of methoxy groups -OCH3 is 1. The molecule has 1 aliphatic heterocycles. The fourth-order valence-corrected chi connectivity index (χ4v) is 3.59. The molecular weight excluding hydrogens is 340 g/mol. The van der Waals surface area contributed by atoms with Gasteiger partial charge in [0.15, 0.2) is 0 Å². The number of likely N-dealkylation sites (N-methyl/N-ethyl adjacent to an activating group) is 1. The van der Waals surface area contributed by atoms with E-state index in [2.05, 4.69) is 17.1 Å². The van der Waals surface area contributed by atoms with Crippen molar-refractivity contribution >= 4 is 18.3 Å². The number of aryl methyl sites for hydroxylation is 2.